The summed E-state index contributed by atoms with van der Waals surface area (Å²) < 4.78 is 24.1. The molecule has 1 atom stereocenters. The Hall–Kier alpha value is -2.15. The summed E-state index contributed by atoms with van der Waals surface area (Å²) in [5.74, 6) is -1.63. The minimum Gasteiger partial charge on any atom is -0.479 e. The third-order valence-electron chi connectivity index (χ3n) is 3.90. The minimum absolute atomic E-state index is 0.325. The summed E-state index contributed by atoms with van der Waals surface area (Å²) in [4.78, 5) is 23.5. The quantitative estimate of drug-likeness (QED) is 0.860. The molecule has 7 heteroatoms. The van der Waals surface area contributed by atoms with Crippen LogP contribution in [0.2, 0.25) is 0 Å². The lowest BCUT2D eigenvalue weighted by Gasteiger charge is -2.26. The van der Waals surface area contributed by atoms with Gasteiger partial charge in [0.25, 0.3) is 0 Å². The molecule has 1 fully saturated rings. The number of benzene rings is 1. The van der Waals surface area contributed by atoms with Crippen molar-refractivity contribution >= 4 is 17.7 Å². The zero-order valence-corrected chi connectivity index (χ0v) is 14.2. The summed E-state index contributed by atoms with van der Waals surface area (Å²) in [5, 5.41) is 12.0. The molecule has 0 spiro atoms. The Balaban J connectivity index is 2.35. The van der Waals surface area contributed by atoms with Gasteiger partial charge in [0.2, 0.25) is 0 Å². The molecule has 2 N–H and O–H groups in total. The molecule has 1 aliphatic carbocycles. The van der Waals surface area contributed by atoms with Gasteiger partial charge in [-0.05, 0) is 57.4 Å². The van der Waals surface area contributed by atoms with Gasteiger partial charge in [-0.15, -0.1) is 0 Å². The average molecular weight is 339 g/mol. The zero-order chi connectivity index (χ0) is 18.1. The first-order chi connectivity index (χ1) is 11.1. The molecule has 0 aromatic heterocycles. The number of amides is 1. The van der Waals surface area contributed by atoms with E-state index in [1.165, 1.54) is 25.3 Å². The van der Waals surface area contributed by atoms with Crippen LogP contribution >= 0.6 is 0 Å². The van der Waals surface area contributed by atoms with Crippen LogP contribution in [0.15, 0.2) is 18.2 Å². The van der Waals surface area contributed by atoms with Gasteiger partial charge < -0.3 is 14.6 Å². The fraction of sp³-hybridized carbons (Fsp3) is 0.529. The fourth-order valence-electron chi connectivity index (χ4n) is 2.82. The highest BCUT2D eigenvalue weighted by molar-refractivity contribution is 5.87. The maximum atomic E-state index is 13.8. The van der Waals surface area contributed by atoms with Crippen molar-refractivity contribution in [2.75, 3.05) is 12.4 Å². The van der Waals surface area contributed by atoms with Crippen LogP contribution in [0.4, 0.5) is 14.9 Å². The van der Waals surface area contributed by atoms with Gasteiger partial charge in [0.05, 0.1) is 0 Å². The summed E-state index contributed by atoms with van der Waals surface area (Å²) in [7, 11) is 1.30. The van der Waals surface area contributed by atoms with Crippen molar-refractivity contribution in [2.45, 2.75) is 50.7 Å². The number of ether oxygens (including phenoxy) is 2. The van der Waals surface area contributed by atoms with E-state index in [0.717, 1.165) is 0 Å². The van der Waals surface area contributed by atoms with E-state index in [0.29, 0.717) is 24.1 Å². The average Bonchev–Trinajstić information content (AvgIpc) is 3.20. The highest BCUT2D eigenvalue weighted by Crippen LogP contribution is 2.54. The van der Waals surface area contributed by atoms with Gasteiger partial charge >= 0.3 is 12.1 Å². The highest BCUT2D eigenvalue weighted by Gasteiger charge is 2.55. The molecule has 2 rings (SSSR count). The molecule has 1 aromatic rings. The topological polar surface area (TPSA) is 84.9 Å². The molecular formula is C17H22FNO5. The third kappa shape index (κ3) is 3.84. The second-order valence-corrected chi connectivity index (χ2v) is 6.93. The van der Waals surface area contributed by atoms with E-state index >= 15 is 0 Å². The molecule has 1 saturated carbocycles. The predicted octanol–water partition coefficient (Wildman–Crippen LogP) is 3.30. The number of aliphatic carboxylic acids is 1. The first-order valence-corrected chi connectivity index (χ1v) is 7.65. The van der Waals surface area contributed by atoms with Gasteiger partial charge in [-0.2, -0.15) is 0 Å². The number of rotatable bonds is 5. The highest BCUT2D eigenvalue weighted by atomic mass is 19.1. The van der Waals surface area contributed by atoms with Crippen LogP contribution in [-0.4, -0.2) is 36.0 Å². The van der Waals surface area contributed by atoms with Crippen molar-refractivity contribution in [1.29, 1.82) is 0 Å². The van der Waals surface area contributed by atoms with Crippen LogP contribution in [-0.2, 0) is 19.7 Å². The fourth-order valence-corrected chi connectivity index (χ4v) is 2.82. The number of carboxylic acids is 1. The van der Waals surface area contributed by atoms with Crippen LogP contribution in [0.25, 0.3) is 0 Å². The first kappa shape index (κ1) is 18.2. The summed E-state index contributed by atoms with van der Waals surface area (Å²) >= 11 is 0. The largest absolute Gasteiger partial charge is 0.479 e. The van der Waals surface area contributed by atoms with Crippen LogP contribution in [0.3, 0.4) is 0 Å². The van der Waals surface area contributed by atoms with Crippen LogP contribution < -0.4 is 5.32 Å². The van der Waals surface area contributed by atoms with E-state index in [1.54, 1.807) is 20.8 Å². The summed E-state index contributed by atoms with van der Waals surface area (Å²) in [5.41, 5.74) is -0.806. The van der Waals surface area contributed by atoms with Gasteiger partial charge in [-0.25, -0.2) is 14.0 Å². The second-order valence-electron chi connectivity index (χ2n) is 6.93. The Kier molecular flexibility index (Phi) is 4.85. The molecule has 24 heavy (non-hydrogen) atoms. The summed E-state index contributed by atoms with van der Waals surface area (Å²) in [6.45, 7) is 5.18. The molecule has 0 heterocycles. The molecule has 0 bridgehead atoms. The van der Waals surface area contributed by atoms with Crippen molar-refractivity contribution < 1.29 is 28.6 Å². The van der Waals surface area contributed by atoms with Gasteiger partial charge in [0, 0.05) is 18.2 Å². The molecule has 6 nitrogen and oxygen atoms in total. The van der Waals surface area contributed by atoms with Gasteiger partial charge in [0.15, 0.2) is 6.10 Å². The molecule has 1 aliphatic rings. The Morgan fingerprint density at radius 3 is 2.42 bits per heavy atom. The SMILES string of the molecule is COC(C(=O)O)C1(c2cc(F)ccc2NC(=O)OC(C)(C)C)CC1. The maximum Gasteiger partial charge on any atom is 0.412 e. The Morgan fingerprint density at radius 1 is 1.33 bits per heavy atom. The molecule has 0 radical (unpaired) electrons. The summed E-state index contributed by atoms with van der Waals surface area (Å²) in [6, 6.07) is 3.85. The molecule has 132 valence electrons. The second kappa shape index (κ2) is 6.39. The number of hydrogen-bond donors (Lipinski definition) is 2. The van der Waals surface area contributed by atoms with Crippen molar-refractivity contribution in [3.63, 3.8) is 0 Å². The standard InChI is InChI=1S/C17H22FNO5/c1-16(2,3)24-15(22)19-12-6-5-10(18)9-11(12)17(7-8-17)13(23-4)14(20)21/h5-6,9,13H,7-8H2,1-4H3,(H,19,22)(H,20,21). The van der Waals surface area contributed by atoms with E-state index in [2.05, 4.69) is 5.32 Å². The first-order valence-electron chi connectivity index (χ1n) is 7.65. The number of carboxylic acid groups (broad SMARTS) is 1. The molecule has 0 aliphatic heterocycles. The van der Waals surface area contributed by atoms with E-state index in [4.69, 9.17) is 9.47 Å². The maximum absolute atomic E-state index is 13.8. The summed E-state index contributed by atoms with van der Waals surface area (Å²) in [6.07, 6.45) is -0.733. The molecule has 1 amide bonds. The number of hydrogen-bond acceptors (Lipinski definition) is 4. The number of carbonyl (C=O) groups excluding carboxylic acids is 1. The smallest absolute Gasteiger partial charge is 0.412 e. The lowest BCUT2D eigenvalue weighted by molar-refractivity contribution is -0.150. The van der Waals surface area contributed by atoms with Crippen molar-refractivity contribution in [3.8, 4) is 0 Å². The number of anilines is 1. The minimum atomic E-state index is -1.12. The number of carbonyl (C=O) groups is 2. The molecule has 1 unspecified atom stereocenters. The number of halogens is 1. The monoisotopic (exact) mass is 339 g/mol. The zero-order valence-electron chi connectivity index (χ0n) is 14.2. The normalized spacial score (nSPS) is 17.0. The van der Waals surface area contributed by atoms with E-state index in [1.807, 2.05) is 0 Å². The Morgan fingerprint density at radius 2 is 1.96 bits per heavy atom. The van der Waals surface area contributed by atoms with Gasteiger partial charge in [-0.3, -0.25) is 5.32 Å². The van der Waals surface area contributed by atoms with Crippen LogP contribution in [0, 0.1) is 5.82 Å². The van der Waals surface area contributed by atoms with E-state index < -0.39 is 35.0 Å². The third-order valence-corrected chi connectivity index (χ3v) is 3.90. The van der Waals surface area contributed by atoms with E-state index in [-0.39, 0.29) is 0 Å². The molecule has 0 saturated heterocycles. The van der Waals surface area contributed by atoms with Crippen molar-refractivity contribution in [1.82, 2.24) is 0 Å². The molecule has 1 aromatic carbocycles. The van der Waals surface area contributed by atoms with Gasteiger partial charge in [-0.1, -0.05) is 0 Å². The van der Waals surface area contributed by atoms with E-state index in [9.17, 15) is 19.1 Å². The van der Waals surface area contributed by atoms with Crippen molar-refractivity contribution in [2.24, 2.45) is 0 Å². The number of nitrogens with one attached hydrogen (secondary N) is 1. The Labute approximate surface area is 139 Å². The van der Waals surface area contributed by atoms with Gasteiger partial charge in [0.1, 0.15) is 11.4 Å². The Bertz CT molecular complexity index is 649. The lowest BCUT2D eigenvalue weighted by Crippen LogP contribution is -2.37. The number of methoxy groups -OCH3 is 1. The van der Waals surface area contributed by atoms with Crippen LogP contribution in [0.1, 0.15) is 39.2 Å². The molecular weight excluding hydrogens is 317 g/mol. The van der Waals surface area contributed by atoms with Crippen LogP contribution in [0.5, 0.6) is 0 Å². The lowest BCUT2D eigenvalue weighted by atomic mass is 9.88. The van der Waals surface area contributed by atoms with Crippen molar-refractivity contribution in [3.05, 3.63) is 29.6 Å². The predicted molar refractivity (Wildman–Crippen MR) is 85.6 cm³/mol.